The minimum absolute atomic E-state index is 0.0112. The molecule has 2 rings (SSSR count). The zero-order valence-electron chi connectivity index (χ0n) is 11.5. The van der Waals surface area contributed by atoms with Gasteiger partial charge in [0.2, 0.25) is 0 Å². The third-order valence-corrected chi connectivity index (χ3v) is 3.54. The number of halogens is 1. The van der Waals surface area contributed by atoms with Crippen LogP contribution in [0.4, 0.5) is 5.69 Å². The Bertz CT molecular complexity index is 559. The Balaban J connectivity index is 2.43. The van der Waals surface area contributed by atoms with Crippen molar-refractivity contribution in [2.75, 3.05) is 19.0 Å². The van der Waals surface area contributed by atoms with Gasteiger partial charge in [-0.05, 0) is 42.3 Å². The first-order valence-corrected chi connectivity index (χ1v) is 6.69. The fourth-order valence-electron chi connectivity index (χ4n) is 1.99. The van der Waals surface area contributed by atoms with E-state index in [0.29, 0.717) is 0 Å². The zero-order chi connectivity index (χ0) is 14.0. The standard InChI is InChI=1S/C16H19ClN2/c1-11(18)13-6-9-16(17)15(10-13)12-4-7-14(8-5-12)19(2)3/h4-11H,18H2,1-3H3. The highest BCUT2D eigenvalue weighted by Gasteiger charge is 2.07. The predicted octanol–water partition coefficient (Wildman–Crippen LogP) is 4.09. The lowest BCUT2D eigenvalue weighted by Gasteiger charge is -2.14. The van der Waals surface area contributed by atoms with Crippen molar-refractivity contribution in [3.8, 4) is 11.1 Å². The van der Waals surface area contributed by atoms with Gasteiger partial charge in [-0.15, -0.1) is 0 Å². The van der Waals surface area contributed by atoms with Crippen LogP contribution in [-0.2, 0) is 0 Å². The van der Waals surface area contributed by atoms with Gasteiger partial charge in [-0.3, -0.25) is 0 Å². The Labute approximate surface area is 119 Å². The lowest BCUT2D eigenvalue weighted by molar-refractivity contribution is 0.819. The molecular weight excluding hydrogens is 256 g/mol. The maximum absolute atomic E-state index is 6.29. The van der Waals surface area contributed by atoms with Gasteiger partial charge in [0.1, 0.15) is 0 Å². The molecule has 0 heterocycles. The summed E-state index contributed by atoms with van der Waals surface area (Å²) in [6, 6.07) is 14.3. The van der Waals surface area contributed by atoms with E-state index in [1.54, 1.807) is 0 Å². The van der Waals surface area contributed by atoms with Crippen molar-refractivity contribution in [1.29, 1.82) is 0 Å². The minimum Gasteiger partial charge on any atom is -0.378 e. The molecule has 2 aromatic rings. The molecule has 100 valence electrons. The molecule has 2 nitrogen and oxygen atoms in total. The van der Waals surface area contributed by atoms with Crippen LogP contribution < -0.4 is 10.6 Å². The lowest BCUT2D eigenvalue weighted by Crippen LogP contribution is -2.08. The van der Waals surface area contributed by atoms with Gasteiger partial charge in [0.15, 0.2) is 0 Å². The van der Waals surface area contributed by atoms with Gasteiger partial charge in [0.05, 0.1) is 0 Å². The van der Waals surface area contributed by atoms with E-state index in [4.69, 9.17) is 17.3 Å². The number of hydrogen-bond donors (Lipinski definition) is 1. The summed E-state index contributed by atoms with van der Waals surface area (Å²) in [4.78, 5) is 2.07. The predicted molar refractivity (Wildman–Crippen MR) is 83.8 cm³/mol. The first kappa shape index (κ1) is 13.9. The van der Waals surface area contributed by atoms with Gasteiger partial charge in [-0.1, -0.05) is 29.8 Å². The van der Waals surface area contributed by atoms with Crippen LogP contribution >= 0.6 is 11.6 Å². The molecule has 0 aromatic heterocycles. The molecule has 0 radical (unpaired) electrons. The van der Waals surface area contributed by atoms with Crippen molar-refractivity contribution in [3.63, 3.8) is 0 Å². The maximum atomic E-state index is 6.29. The molecule has 2 N–H and O–H groups in total. The largest absolute Gasteiger partial charge is 0.378 e. The van der Waals surface area contributed by atoms with E-state index in [9.17, 15) is 0 Å². The van der Waals surface area contributed by atoms with E-state index in [-0.39, 0.29) is 6.04 Å². The number of nitrogens with zero attached hydrogens (tertiary/aromatic N) is 1. The third-order valence-electron chi connectivity index (χ3n) is 3.21. The molecule has 0 saturated heterocycles. The first-order valence-electron chi connectivity index (χ1n) is 6.32. The van der Waals surface area contributed by atoms with Crippen LogP contribution in [0, 0.1) is 0 Å². The topological polar surface area (TPSA) is 29.3 Å². The van der Waals surface area contributed by atoms with Gasteiger partial charge in [0.25, 0.3) is 0 Å². The quantitative estimate of drug-likeness (QED) is 0.913. The van der Waals surface area contributed by atoms with Crippen molar-refractivity contribution in [1.82, 2.24) is 0 Å². The summed E-state index contributed by atoms with van der Waals surface area (Å²) in [6.45, 7) is 1.97. The Hall–Kier alpha value is -1.51. The molecule has 1 unspecified atom stereocenters. The Morgan fingerprint density at radius 1 is 1.05 bits per heavy atom. The van der Waals surface area contributed by atoms with Crippen LogP contribution in [0.25, 0.3) is 11.1 Å². The normalized spacial score (nSPS) is 12.3. The van der Waals surface area contributed by atoms with Crippen molar-refractivity contribution in [2.45, 2.75) is 13.0 Å². The molecule has 0 spiro atoms. The molecular formula is C16H19ClN2. The summed E-state index contributed by atoms with van der Waals surface area (Å²) in [5, 5.41) is 0.752. The van der Waals surface area contributed by atoms with E-state index in [0.717, 1.165) is 21.7 Å². The highest BCUT2D eigenvalue weighted by Crippen LogP contribution is 2.31. The van der Waals surface area contributed by atoms with Crippen LogP contribution in [0.3, 0.4) is 0 Å². The van der Waals surface area contributed by atoms with Gasteiger partial charge in [-0.2, -0.15) is 0 Å². The smallest absolute Gasteiger partial charge is 0.0484 e. The summed E-state index contributed by atoms with van der Waals surface area (Å²) in [5.41, 5.74) is 10.3. The molecule has 0 amide bonds. The minimum atomic E-state index is 0.0112. The molecule has 2 aromatic carbocycles. The van der Waals surface area contributed by atoms with E-state index < -0.39 is 0 Å². The van der Waals surface area contributed by atoms with Crippen LogP contribution in [-0.4, -0.2) is 14.1 Å². The molecule has 0 bridgehead atoms. The second-order valence-electron chi connectivity index (χ2n) is 4.97. The fraction of sp³-hybridized carbons (Fsp3) is 0.250. The molecule has 19 heavy (non-hydrogen) atoms. The second kappa shape index (κ2) is 5.64. The average Bonchev–Trinajstić information content (AvgIpc) is 2.39. The Kier molecular flexibility index (Phi) is 4.13. The van der Waals surface area contributed by atoms with Crippen LogP contribution in [0.15, 0.2) is 42.5 Å². The molecule has 0 aliphatic heterocycles. The average molecular weight is 275 g/mol. The van der Waals surface area contributed by atoms with Gasteiger partial charge in [0, 0.05) is 36.4 Å². The molecule has 0 aliphatic carbocycles. The van der Waals surface area contributed by atoms with Gasteiger partial charge < -0.3 is 10.6 Å². The van der Waals surface area contributed by atoms with E-state index in [2.05, 4.69) is 35.2 Å². The maximum Gasteiger partial charge on any atom is 0.0484 e. The zero-order valence-corrected chi connectivity index (χ0v) is 12.3. The van der Waals surface area contributed by atoms with Crippen molar-refractivity contribution in [3.05, 3.63) is 53.1 Å². The highest BCUT2D eigenvalue weighted by atomic mass is 35.5. The Morgan fingerprint density at radius 2 is 1.68 bits per heavy atom. The lowest BCUT2D eigenvalue weighted by atomic mass is 10.00. The summed E-state index contributed by atoms with van der Waals surface area (Å²) in [6.07, 6.45) is 0. The monoisotopic (exact) mass is 274 g/mol. The molecule has 3 heteroatoms. The van der Waals surface area contributed by atoms with E-state index >= 15 is 0 Å². The van der Waals surface area contributed by atoms with Crippen molar-refractivity contribution in [2.24, 2.45) is 5.73 Å². The SMILES string of the molecule is CC(N)c1ccc(Cl)c(-c2ccc(N(C)C)cc2)c1. The molecule has 1 atom stereocenters. The van der Waals surface area contributed by atoms with Crippen molar-refractivity contribution < 1.29 is 0 Å². The number of rotatable bonds is 3. The third kappa shape index (κ3) is 3.09. The Morgan fingerprint density at radius 3 is 2.21 bits per heavy atom. The van der Waals surface area contributed by atoms with Crippen LogP contribution in [0.2, 0.25) is 5.02 Å². The fourth-order valence-corrected chi connectivity index (χ4v) is 2.21. The van der Waals surface area contributed by atoms with Gasteiger partial charge in [-0.25, -0.2) is 0 Å². The number of benzene rings is 2. The molecule has 0 aliphatic rings. The number of hydrogen-bond acceptors (Lipinski definition) is 2. The summed E-state index contributed by atoms with van der Waals surface area (Å²) < 4.78 is 0. The summed E-state index contributed by atoms with van der Waals surface area (Å²) in [5.74, 6) is 0. The van der Waals surface area contributed by atoms with Crippen LogP contribution in [0.5, 0.6) is 0 Å². The highest BCUT2D eigenvalue weighted by molar-refractivity contribution is 6.33. The number of anilines is 1. The van der Waals surface area contributed by atoms with E-state index in [1.807, 2.05) is 33.2 Å². The summed E-state index contributed by atoms with van der Waals surface area (Å²) >= 11 is 6.29. The van der Waals surface area contributed by atoms with E-state index in [1.165, 1.54) is 5.69 Å². The second-order valence-corrected chi connectivity index (χ2v) is 5.38. The van der Waals surface area contributed by atoms with Crippen molar-refractivity contribution >= 4 is 17.3 Å². The molecule has 0 fully saturated rings. The molecule has 0 saturated carbocycles. The number of nitrogens with two attached hydrogens (primary N) is 1. The van der Waals surface area contributed by atoms with Gasteiger partial charge >= 0.3 is 0 Å². The van der Waals surface area contributed by atoms with Crippen LogP contribution in [0.1, 0.15) is 18.5 Å². The first-order chi connectivity index (χ1) is 8.99. The summed E-state index contributed by atoms with van der Waals surface area (Å²) in [7, 11) is 4.05.